The zero-order chi connectivity index (χ0) is 13.1. The number of thiocarbonyl (C=S) groups is 1. The van der Waals surface area contributed by atoms with Gasteiger partial charge in [0.25, 0.3) is 0 Å². The lowest BCUT2D eigenvalue weighted by molar-refractivity contribution is 0.340. The Hall–Kier alpha value is -0.850. The molecule has 7 heteroatoms. The third-order valence-electron chi connectivity index (χ3n) is 1.92. The van der Waals surface area contributed by atoms with Crippen molar-refractivity contribution in [2.45, 2.75) is 0 Å². The number of nitrogens with two attached hydrogens (primary N) is 1. The summed E-state index contributed by atoms with van der Waals surface area (Å²) in [7, 11) is -3.06. The van der Waals surface area contributed by atoms with Crippen molar-refractivity contribution in [1.82, 2.24) is 0 Å². The summed E-state index contributed by atoms with van der Waals surface area (Å²) in [6, 6.07) is 4.83. The fourth-order valence-electron chi connectivity index (χ4n) is 1.12. The third kappa shape index (κ3) is 4.89. The molecule has 0 fully saturated rings. The summed E-state index contributed by atoms with van der Waals surface area (Å²) in [5.41, 5.74) is 6.05. The first kappa shape index (κ1) is 14.2. The van der Waals surface area contributed by atoms with Gasteiger partial charge in [0.15, 0.2) is 9.84 Å². The smallest absolute Gasteiger partial charge is 0.150 e. The molecule has 1 rings (SSSR count). The first-order valence-electron chi connectivity index (χ1n) is 4.69. The minimum atomic E-state index is -3.06. The van der Waals surface area contributed by atoms with Gasteiger partial charge in [-0.05, 0) is 18.2 Å². The molecular formula is C10H12ClNO3S2. The van der Waals surface area contributed by atoms with Gasteiger partial charge < -0.3 is 10.5 Å². The topological polar surface area (TPSA) is 69.4 Å². The molecule has 0 aliphatic carbocycles. The average Bonchev–Trinajstić information content (AvgIpc) is 2.15. The Morgan fingerprint density at radius 3 is 2.71 bits per heavy atom. The molecule has 0 saturated carbocycles. The van der Waals surface area contributed by atoms with Crippen LogP contribution < -0.4 is 10.5 Å². The number of rotatable bonds is 5. The molecule has 0 spiro atoms. The number of hydrogen-bond acceptors (Lipinski definition) is 4. The van der Waals surface area contributed by atoms with Crippen LogP contribution in [0, 0.1) is 0 Å². The van der Waals surface area contributed by atoms with Crippen LogP contribution >= 0.6 is 23.8 Å². The fraction of sp³-hybridized carbons (Fsp3) is 0.300. The third-order valence-corrected chi connectivity index (χ3v) is 3.28. The van der Waals surface area contributed by atoms with E-state index in [1.54, 1.807) is 18.2 Å². The van der Waals surface area contributed by atoms with Gasteiger partial charge in [-0.1, -0.05) is 23.8 Å². The molecule has 0 saturated heterocycles. The van der Waals surface area contributed by atoms with E-state index in [0.29, 0.717) is 16.3 Å². The molecule has 4 nitrogen and oxygen atoms in total. The van der Waals surface area contributed by atoms with Crippen LogP contribution in [0.5, 0.6) is 5.75 Å². The van der Waals surface area contributed by atoms with Crippen molar-refractivity contribution < 1.29 is 13.2 Å². The molecule has 0 amide bonds. The number of hydrogen-bond donors (Lipinski definition) is 1. The van der Waals surface area contributed by atoms with Gasteiger partial charge in [-0.3, -0.25) is 0 Å². The van der Waals surface area contributed by atoms with Crippen LogP contribution in [0.4, 0.5) is 0 Å². The Kier molecular flexibility index (Phi) is 4.73. The Labute approximate surface area is 111 Å². The van der Waals surface area contributed by atoms with Gasteiger partial charge in [-0.25, -0.2) is 8.42 Å². The lowest BCUT2D eigenvalue weighted by atomic mass is 10.2. The number of ether oxygens (including phenoxy) is 1. The number of halogens is 1. The van der Waals surface area contributed by atoms with Crippen molar-refractivity contribution in [3.63, 3.8) is 0 Å². The molecule has 0 heterocycles. The molecule has 1 aromatic carbocycles. The monoisotopic (exact) mass is 293 g/mol. The number of sulfone groups is 1. The summed E-state index contributed by atoms with van der Waals surface area (Å²) in [6.45, 7) is 0.0365. The van der Waals surface area contributed by atoms with E-state index >= 15 is 0 Å². The molecule has 2 N–H and O–H groups in total. The maximum Gasteiger partial charge on any atom is 0.150 e. The first-order chi connectivity index (χ1) is 7.79. The quantitative estimate of drug-likeness (QED) is 0.831. The molecule has 0 atom stereocenters. The van der Waals surface area contributed by atoms with Crippen LogP contribution in [-0.2, 0) is 9.84 Å². The highest BCUT2D eigenvalue weighted by atomic mass is 35.5. The van der Waals surface area contributed by atoms with Crippen molar-refractivity contribution >= 4 is 38.6 Å². The summed E-state index contributed by atoms with van der Waals surface area (Å²) < 4.78 is 27.2. The Morgan fingerprint density at radius 2 is 2.18 bits per heavy atom. The Morgan fingerprint density at radius 1 is 1.53 bits per heavy atom. The largest absolute Gasteiger partial charge is 0.492 e. The second-order valence-electron chi connectivity index (χ2n) is 3.48. The second-order valence-corrected chi connectivity index (χ2v) is 6.62. The molecule has 1 aromatic rings. The maximum absolute atomic E-state index is 11.0. The summed E-state index contributed by atoms with van der Waals surface area (Å²) in [4.78, 5) is 0.177. The highest BCUT2D eigenvalue weighted by molar-refractivity contribution is 7.90. The molecule has 94 valence electrons. The maximum atomic E-state index is 11.0. The molecule has 0 aliphatic heterocycles. The molecule has 0 aliphatic rings. The number of benzene rings is 1. The molecule has 0 unspecified atom stereocenters. The average molecular weight is 294 g/mol. The molecular weight excluding hydrogens is 282 g/mol. The SMILES string of the molecule is CS(=O)(=O)CCOc1cc(Cl)ccc1C(N)=S. The minimum Gasteiger partial charge on any atom is -0.492 e. The van der Waals surface area contributed by atoms with Crippen molar-refractivity contribution in [1.29, 1.82) is 0 Å². The zero-order valence-corrected chi connectivity index (χ0v) is 11.5. The van der Waals surface area contributed by atoms with E-state index in [0.717, 1.165) is 6.26 Å². The molecule has 0 aromatic heterocycles. The minimum absolute atomic E-state index is 0.0365. The van der Waals surface area contributed by atoms with Gasteiger partial charge in [0.1, 0.15) is 17.3 Å². The van der Waals surface area contributed by atoms with Crippen LogP contribution in [0.1, 0.15) is 5.56 Å². The normalized spacial score (nSPS) is 11.2. The van der Waals surface area contributed by atoms with Crippen LogP contribution in [-0.4, -0.2) is 32.0 Å². The van der Waals surface area contributed by atoms with Gasteiger partial charge >= 0.3 is 0 Å². The summed E-state index contributed by atoms with van der Waals surface area (Å²) in [6.07, 6.45) is 1.14. The standard InChI is InChI=1S/C10H12ClNO3S2/c1-17(13,14)5-4-15-9-6-7(11)2-3-8(9)10(12)16/h2-3,6H,4-5H2,1H3,(H2,12,16). The van der Waals surface area contributed by atoms with Gasteiger partial charge in [0, 0.05) is 11.3 Å². The molecule has 0 radical (unpaired) electrons. The van der Waals surface area contributed by atoms with E-state index in [9.17, 15) is 8.42 Å². The van der Waals surface area contributed by atoms with Crippen molar-refractivity contribution in [2.75, 3.05) is 18.6 Å². The van der Waals surface area contributed by atoms with E-state index in [4.69, 9.17) is 34.3 Å². The fourth-order valence-corrected chi connectivity index (χ4v) is 1.84. The van der Waals surface area contributed by atoms with Crippen LogP contribution in [0.2, 0.25) is 5.02 Å². The van der Waals surface area contributed by atoms with Gasteiger partial charge in [-0.15, -0.1) is 0 Å². The first-order valence-corrected chi connectivity index (χ1v) is 7.54. The predicted molar refractivity (Wildman–Crippen MR) is 72.5 cm³/mol. The van der Waals surface area contributed by atoms with Crippen LogP contribution in [0.15, 0.2) is 18.2 Å². The zero-order valence-electron chi connectivity index (χ0n) is 9.14. The van der Waals surface area contributed by atoms with Gasteiger partial charge in [-0.2, -0.15) is 0 Å². The van der Waals surface area contributed by atoms with Gasteiger partial charge in [0.2, 0.25) is 0 Å². The summed E-state index contributed by atoms with van der Waals surface area (Å²) >= 11 is 10.7. The van der Waals surface area contributed by atoms with Crippen LogP contribution in [0.3, 0.4) is 0 Å². The summed E-state index contributed by atoms with van der Waals surface area (Å²) in [5.74, 6) is 0.324. The van der Waals surface area contributed by atoms with E-state index in [2.05, 4.69) is 0 Å². The van der Waals surface area contributed by atoms with Gasteiger partial charge in [0.05, 0.1) is 11.3 Å². The lowest BCUT2D eigenvalue weighted by Crippen LogP contribution is -2.15. The Bertz CT molecular complexity index is 528. The van der Waals surface area contributed by atoms with E-state index < -0.39 is 9.84 Å². The van der Waals surface area contributed by atoms with E-state index in [1.165, 1.54) is 0 Å². The highest BCUT2D eigenvalue weighted by Gasteiger charge is 2.09. The predicted octanol–water partition coefficient (Wildman–Crippen LogP) is 1.40. The second kappa shape index (κ2) is 5.66. The molecule has 0 bridgehead atoms. The Balaban J connectivity index is 2.82. The van der Waals surface area contributed by atoms with E-state index in [-0.39, 0.29) is 17.3 Å². The van der Waals surface area contributed by atoms with Crippen molar-refractivity contribution in [3.05, 3.63) is 28.8 Å². The van der Waals surface area contributed by atoms with Crippen molar-refractivity contribution in [2.24, 2.45) is 5.73 Å². The highest BCUT2D eigenvalue weighted by Crippen LogP contribution is 2.23. The van der Waals surface area contributed by atoms with E-state index in [1.807, 2.05) is 0 Å². The van der Waals surface area contributed by atoms with Crippen LogP contribution in [0.25, 0.3) is 0 Å². The lowest BCUT2D eigenvalue weighted by Gasteiger charge is -2.10. The summed E-state index contributed by atoms with van der Waals surface area (Å²) in [5, 5.41) is 0.472. The molecule has 17 heavy (non-hydrogen) atoms. The van der Waals surface area contributed by atoms with Crippen molar-refractivity contribution in [3.8, 4) is 5.75 Å².